The minimum Gasteiger partial charge on any atom is -0.357 e. The Hall–Kier alpha value is -1.12. The van der Waals surface area contributed by atoms with Gasteiger partial charge in [-0.15, -0.1) is 0 Å². The smallest absolute Gasteiger partial charge is 0.214 e. The van der Waals surface area contributed by atoms with E-state index in [1.807, 2.05) is 18.0 Å². The number of hydrogen-bond donors (Lipinski definition) is 0. The van der Waals surface area contributed by atoms with Crippen LogP contribution in [-0.4, -0.2) is 18.1 Å². The molecule has 1 heterocycles. The van der Waals surface area contributed by atoms with Crippen molar-refractivity contribution >= 4 is 5.82 Å². The van der Waals surface area contributed by atoms with Crippen molar-refractivity contribution in [3.63, 3.8) is 0 Å². The molecule has 1 aromatic rings. The molecular weight excluding hydrogens is 179 g/mol. The first-order valence-electron chi connectivity index (χ1n) is 5.00. The second kappa shape index (κ2) is 4.94. The molecule has 0 spiro atoms. The minimum atomic E-state index is -0.418. The molecule has 2 nitrogen and oxygen atoms in total. The normalized spacial score (nSPS) is 12.6. The molecule has 0 saturated heterocycles. The molecular formula is C11H17FN2. The summed E-state index contributed by atoms with van der Waals surface area (Å²) in [6, 6.07) is 5.28. The topological polar surface area (TPSA) is 16.1 Å². The van der Waals surface area contributed by atoms with E-state index in [-0.39, 0.29) is 0 Å². The largest absolute Gasteiger partial charge is 0.357 e. The Balaban J connectivity index is 2.73. The number of rotatable bonds is 4. The van der Waals surface area contributed by atoms with Crippen molar-refractivity contribution in [3.05, 3.63) is 24.1 Å². The van der Waals surface area contributed by atoms with Crippen molar-refractivity contribution in [3.8, 4) is 0 Å². The van der Waals surface area contributed by atoms with E-state index in [0.717, 1.165) is 12.8 Å². The monoisotopic (exact) mass is 196 g/mol. The van der Waals surface area contributed by atoms with Crippen LogP contribution in [0.4, 0.5) is 10.2 Å². The number of anilines is 1. The molecule has 0 N–H and O–H groups in total. The third kappa shape index (κ3) is 2.69. The second-order valence-corrected chi connectivity index (χ2v) is 3.57. The molecule has 1 aromatic heterocycles. The summed E-state index contributed by atoms with van der Waals surface area (Å²) in [5, 5.41) is 0. The predicted molar refractivity (Wildman–Crippen MR) is 57.0 cm³/mol. The van der Waals surface area contributed by atoms with Crippen LogP contribution in [0, 0.1) is 5.95 Å². The molecule has 0 aliphatic carbocycles. The first-order chi connectivity index (χ1) is 6.65. The molecule has 3 heteroatoms. The van der Waals surface area contributed by atoms with E-state index in [0.29, 0.717) is 11.9 Å². The highest BCUT2D eigenvalue weighted by molar-refractivity contribution is 5.37. The summed E-state index contributed by atoms with van der Waals surface area (Å²) in [5.41, 5.74) is 0. The van der Waals surface area contributed by atoms with Crippen LogP contribution >= 0.6 is 0 Å². The van der Waals surface area contributed by atoms with Gasteiger partial charge in [0.05, 0.1) is 0 Å². The van der Waals surface area contributed by atoms with E-state index in [9.17, 15) is 4.39 Å². The van der Waals surface area contributed by atoms with Gasteiger partial charge in [0.1, 0.15) is 5.82 Å². The molecule has 1 unspecified atom stereocenters. The summed E-state index contributed by atoms with van der Waals surface area (Å²) < 4.78 is 12.8. The van der Waals surface area contributed by atoms with Gasteiger partial charge in [0.15, 0.2) is 0 Å². The van der Waals surface area contributed by atoms with Crippen molar-refractivity contribution in [2.75, 3.05) is 11.9 Å². The quantitative estimate of drug-likeness (QED) is 0.688. The van der Waals surface area contributed by atoms with Gasteiger partial charge < -0.3 is 4.90 Å². The first kappa shape index (κ1) is 11.0. The fourth-order valence-corrected chi connectivity index (χ4v) is 1.43. The number of nitrogens with zero attached hydrogens (tertiary/aromatic N) is 2. The number of halogens is 1. The lowest BCUT2D eigenvalue weighted by atomic mass is 10.2. The molecule has 0 saturated carbocycles. The molecule has 0 amide bonds. The minimum absolute atomic E-state index is 0.397. The zero-order valence-electron chi connectivity index (χ0n) is 9.00. The Kier molecular flexibility index (Phi) is 3.86. The van der Waals surface area contributed by atoms with Crippen LogP contribution in [-0.2, 0) is 0 Å². The van der Waals surface area contributed by atoms with E-state index in [1.54, 1.807) is 6.07 Å². The highest BCUT2D eigenvalue weighted by atomic mass is 19.1. The Morgan fingerprint density at radius 2 is 2.21 bits per heavy atom. The van der Waals surface area contributed by atoms with Crippen LogP contribution in [0.15, 0.2) is 18.2 Å². The first-order valence-corrected chi connectivity index (χ1v) is 5.00. The van der Waals surface area contributed by atoms with E-state index in [2.05, 4.69) is 18.8 Å². The Morgan fingerprint density at radius 3 is 2.79 bits per heavy atom. The fourth-order valence-electron chi connectivity index (χ4n) is 1.43. The molecule has 0 aliphatic rings. The molecule has 0 fully saturated rings. The maximum atomic E-state index is 12.8. The van der Waals surface area contributed by atoms with Gasteiger partial charge in [-0.05, 0) is 25.5 Å². The highest BCUT2D eigenvalue weighted by Gasteiger charge is 2.10. The van der Waals surface area contributed by atoms with Crippen molar-refractivity contribution < 1.29 is 4.39 Å². The van der Waals surface area contributed by atoms with Crippen LogP contribution in [0.5, 0.6) is 0 Å². The van der Waals surface area contributed by atoms with Crippen LogP contribution in [0.1, 0.15) is 26.7 Å². The predicted octanol–water partition coefficient (Wildman–Crippen LogP) is 2.85. The molecule has 0 aliphatic heterocycles. The zero-order chi connectivity index (χ0) is 10.6. The summed E-state index contributed by atoms with van der Waals surface area (Å²) in [4.78, 5) is 5.84. The summed E-state index contributed by atoms with van der Waals surface area (Å²) in [6.07, 6.45) is 2.22. The number of hydrogen-bond acceptors (Lipinski definition) is 2. The van der Waals surface area contributed by atoms with Gasteiger partial charge >= 0.3 is 0 Å². The van der Waals surface area contributed by atoms with Gasteiger partial charge in [0.2, 0.25) is 5.95 Å². The van der Waals surface area contributed by atoms with Crippen molar-refractivity contribution in [1.29, 1.82) is 0 Å². The average molecular weight is 196 g/mol. The summed E-state index contributed by atoms with van der Waals surface area (Å²) in [7, 11) is 1.95. The number of pyridine rings is 1. The Bertz CT molecular complexity index is 288. The molecule has 78 valence electrons. The molecule has 1 atom stereocenters. The van der Waals surface area contributed by atoms with Gasteiger partial charge in [0, 0.05) is 13.1 Å². The summed E-state index contributed by atoms with van der Waals surface area (Å²) >= 11 is 0. The lowest BCUT2D eigenvalue weighted by molar-refractivity contribution is 0.569. The number of aromatic nitrogens is 1. The third-order valence-corrected chi connectivity index (χ3v) is 2.43. The van der Waals surface area contributed by atoms with E-state index < -0.39 is 5.95 Å². The van der Waals surface area contributed by atoms with Gasteiger partial charge in [-0.3, -0.25) is 0 Å². The molecule has 0 radical (unpaired) electrons. The molecule has 1 rings (SSSR count). The van der Waals surface area contributed by atoms with E-state index >= 15 is 0 Å². The third-order valence-electron chi connectivity index (χ3n) is 2.43. The van der Waals surface area contributed by atoms with E-state index in [4.69, 9.17) is 0 Å². The Morgan fingerprint density at radius 1 is 1.50 bits per heavy atom. The SMILES string of the molecule is CCCC(C)N(C)c1cccc(F)n1. The standard InChI is InChI=1S/C11H17FN2/c1-4-6-9(2)14(3)11-8-5-7-10(12)13-11/h5,7-9H,4,6H2,1-3H3. The van der Waals surface area contributed by atoms with Gasteiger partial charge in [-0.25, -0.2) is 4.98 Å². The second-order valence-electron chi connectivity index (χ2n) is 3.57. The summed E-state index contributed by atoms with van der Waals surface area (Å²) in [5.74, 6) is 0.281. The van der Waals surface area contributed by atoms with Crippen molar-refractivity contribution in [2.45, 2.75) is 32.7 Å². The van der Waals surface area contributed by atoms with Gasteiger partial charge in [-0.2, -0.15) is 4.39 Å². The van der Waals surface area contributed by atoms with Gasteiger partial charge in [-0.1, -0.05) is 19.4 Å². The van der Waals surface area contributed by atoms with Crippen LogP contribution in [0.3, 0.4) is 0 Å². The van der Waals surface area contributed by atoms with Crippen LogP contribution in [0.25, 0.3) is 0 Å². The maximum Gasteiger partial charge on any atom is 0.214 e. The summed E-state index contributed by atoms with van der Waals surface area (Å²) in [6.45, 7) is 4.26. The van der Waals surface area contributed by atoms with Crippen molar-refractivity contribution in [2.24, 2.45) is 0 Å². The van der Waals surface area contributed by atoms with E-state index in [1.165, 1.54) is 6.07 Å². The molecule has 0 bridgehead atoms. The molecule has 0 aromatic carbocycles. The average Bonchev–Trinajstić information content (AvgIpc) is 2.17. The van der Waals surface area contributed by atoms with Crippen LogP contribution < -0.4 is 4.90 Å². The van der Waals surface area contributed by atoms with Crippen molar-refractivity contribution in [1.82, 2.24) is 4.98 Å². The fraction of sp³-hybridized carbons (Fsp3) is 0.545. The molecule has 14 heavy (non-hydrogen) atoms. The maximum absolute atomic E-state index is 12.8. The lowest BCUT2D eigenvalue weighted by Gasteiger charge is -2.25. The highest BCUT2D eigenvalue weighted by Crippen LogP contribution is 2.14. The zero-order valence-corrected chi connectivity index (χ0v) is 9.00. The van der Waals surface area contributed by atoms with Crippen LogP contribution in [0.2, 0.25) is 0 Å². The van der Waals surface area contributed by atoms with Gasteiger partial charge in [0.25, 0.3) is 0 Å². The lowest BCUT2D eigenvalue weighted by Crippen LogP contribution is -2.29. The Labute approximate surface area is 84.8 Å².